The van der Waals surface area contributed by atoms with Gasteiger partial charge in [-0.25, -0.2) is 4.79 Å². The highest BCUT2D eigenvalue weighted by molar-refractivity contribution is 5.84. The molecule has 1 rings (SSSR count). The van der Waals surface area contributed by atoms with Crippen LogP contribution in [0.15, 0.2) is 11.0 Å². The van der Waals surface area contributed by atoms with Crippen LogP contribution in [0.1, 0.15) is 10.5 Å². The van der Waals surface area contributed by atoms with Crippen molar-refractivity contribution in [1.29, 1.82) is 0 Å². The van der Waals surface area contributed by atoms with E-state index in [2.05, 4.69) is 4.98 Å². The number of carbonyl (C=O) groups is 1. The molecule has 0 aliphatic carbocycles. The van der Waals surface area contributed by atoms with Crippen LogP contribution in [-0.2, 0) is 0 Å². The highest BCUT2D eigenvalue weighted by Crippen LogP contribution is 2.01. The monoisotopic (exact) mass is 185 g/mol. The van der Waals surface area contributed by atoms with E-state index in [1.807, 2.05) is 4.98 Å². The lowest BCUT2D eigenvalue weighted by molar-refractivity contribution is -0.390. The van der Waals surface area contributed by atoms with Crippen LogP contribution in [0.3, 0.4) is 0 Å². The van der Waals surface area contributed by atoms with E-state index in [1.54, 1.807) is 0 Å². The number of aromatic nitrogens is 2. The third-order valence-corrected chi connectivity index (χ3v) is 1.16. The van der Waals surface area contributed by atoms with Gasteiger partial charge in [0.05, 0.1) is 0 Å². The average molecular weight is 185 g/mol. The van der Waals surface area contributed by atoms with Crippen LogP contribution in [0.2, 0.25) is 0 Å². The Morgan fingerprint density at radius 2 is 2.31 bits per heavy atom. The maximum atomic E-state index is 10.7. The molecule has 8 nitrogen and oxygen atoms in total. The minimum Gasteiger partial charge on any atom is -0.475 e. The molecule has 0 fully saturated rings. The number of hydrogen-bond acceptors (Lipinski definition) is 5. The summed E-state index contributed by atoms with van der Waals surface area (Å²) in [7, 11) is 0. The van der Waals surface area contributed by atoms with Crippen LogP contribution in [0, 0.1) is 10.1 Å². The van der Waals surface area contributed by atoms with E-state index in [0.717, 1.165) is 6.20 Å². The molecule has 1 aromatic rings. The first-order chi connectivity index (χ1) is 6.02. The van der Waals surface area contributed by atoms with Gasteiger partial charge in [-0.2, -0.15) is 0 Å². The number of rotatable bonds is 2. The number of nitrogens with one attached hydrogen (secondary N) is 1. The Kier molecular flexibility index (Phi) is 2.05. The van der Waals surface area contributed by atoms with Crippen LogP contribution < -0.4 is 5.56 Å². The molecule has 0 atom stereocenters. The Bertz CT molecular complexity index is 422. The molecule has 0 amide bonds. The van der Waals surface area contributed by atoms with Gasteiger partial charge < -0.3 is 20.2 Å². The van der Waals surface area contributed by atoms with E-state index < -0.39 is 28.0 Å². The number of nitro groups is 1. The van der Waals surface area contributed by atoms with Crippen molar-refractivity contribution in [2.24, 2.45) is 0 Å². The highest BCUT2D eigenvalue weighted by atomic mass is 16.6. The zero-order chi connectivity index (χ0) is 10.0. The minimum absolute atomic E-state index is 0.711. The molecular weight excluding hydrogens is 182 g/mol. The topological polar surface area (TPSA) is 126 Å². The summed E-state index contributed by atoms with van der Waals surface area (Å²) >= 11 is 0. The molecule has 0 saturated carbocycles. The number of aromatic carboxylic acids is 1. The Balaban J connectivity index is 3.35. The number of carboxylic acids is 1. The van der Waals surface area contributed by atoms with E-state index in [4.69, 9.17) is 5.11 Å². The van der Waals surface area contributed by atoms with Gasteiger partial charge in [0.25, 0.3) is 0 Å². The summed E-state index contributed by atoms with van der Waals surface area (Å²) < 4.78 is 0. The molecule has 13 heavy (non-hydrogen) atoms. The molecule has 0 spiro atoms. The van der Waals surface area contributed by atoms with Crippen LogP contribution >= 0.6 is 0 Å². The zero-order valence-corrected chi connectivity index (χ0v) is 6.05. The lowest BCUT2D eigenvalue weighted by Crippen LogP contribution is -2.20. The molecule has 0 unspecified atom stereocenters. The SMILES string of the molecule is O=C(O)c1nc([N+](=O)[O-])c[nH]c1=O. The second-order valence-electron chi connectivity index (χ2n) is 2.00. The number of carboxylic acid groups (broad SMARTS) is 1. The summed E-state index contributed by atoms with van der Waals surface area (Å²) in [5, 5.41) is 18.5. The normalized spacial score (nSPS) is 9.54. The fourth-order valence-corrected chi connectivity index (χ4v) is 0.635. The number of H-pyrrole nitrogens is 1. The van der Waals surface area contributed by atoms with Crippen molar-refractivity contribution < 1.29 is 14.8 Å². The molecule has 0 bridgehead atoms. The summed E-state index contributed by atoms with van der Waals surface area (Å²) in [5.41, 5.74) is -1.87. The molecule has 8 heteroatoms. The van der Waals surface area contributed by atoms with E-state index >= 15 is 0 Å². The van der Waals surface area contributed by atoms with Crippen molar-refractivity contribution >= 4 is 11.8 Å². The summed E-state index contributed by atoms with van der Waals surface area (Å²) in [6, 6.07) is 0. The van der Waals surface area contributed by atoms with Crippen molar-refractivity contribution in [3.05, 3.63) is 32.4 Å². The first-order valence-electron chi connectivity index (χ1n) is 3.00. The molecule has 0 radical (unpaired) electrons. The Hall–Kier alpha value is -2.25. The van der Waals surface area contributed by atoms with Gasteiger partial charge in [0, 0.05) is 0 Å². The van der Waals surface area contributed by atoms with Gasteiger partial charge in [0.15, 0.2) is 0 Å². The molecule has 1 heterocycles. The molecule has 0 aromatic carbocycles. The average Bonchev–Trinajstić information content (AvgIpc) is 2.04. The van der Waals surface area contributed by atoms with Gasteiger partial charge in [-0.15, -0.1) is 0 Å². The van der Waals surface area contributed by atoms with E-state index in [1.165, 1.54) is 0 Å². The number of hydrogen-bond donors (Lipinski definition) is 2. The Labute approximate surface area is 70.0 Å². The molecule has 0 aliphatic rings. The lowest BCUT2D eigenvalue weighted by atomic mass is 10.4. The zero-order valence-electron chi connectivity index (χ0n) is 6.05. The van der Waals surface area contributed by atoms with Crippen LogP contribution in [0.25, 0.3) is 0 Å². The van der Waals surface area contributed by atoms with Gasteiger partial charge >= 0.3 is 23.0 Å². The second-order valence-corrected chi connectivity index (χ2v) is 2.00. The summed E-state index contributed by atoms with van der Waals surface area (Å²) in [6.45, 7) is 0. The molecule has 2 N–H and O–H groups in total. The Morgan fingerprint density at radius 3 is 2.77 bits per heavy atom. The molecule has 0 aliphatic heterocycles. The summed E-state index contributed by atoms with van der Waals surface area (Å²) in [6.07, 6.45) is 0.731. The van der Waals surface area contributed by atoms with Crippen molar-refractivity contribution in [1.82, 2.24) is 9.97 Å². The van der Waals surface area contributed by atoms with Gasteiger partial charge in [0.1, 0.15) is 6.20 Å². The van der Waals surface area contributed by atoms with Gasteiger partial charge in [-0.3, -0.25) is 4.79 Å². The van der Waals surface area contributed by atoms with Crippen molar-refractivity contribution in [3.8, 4) is 0 Å². The van der Waals surface area contributed by atoms with Crippen LogP contribution in [0.5, 0.6) is 0 Å². The molecule has 68 valence electrons. The second kappa shape index (κ2) is 3.01. The first kappa shape index (κ1) is 8.84. The first-order valence-corrected chi connectivity index (χ1v) is 3.00. The lowest BCUT2D eigenvalue weighted by Gasteiger charge is -1.90. The predicted molar refractivity (Wildman–Crippen MR) is 38.5 cm³/mol. The molecule has 1 aromatic heterocycles. The highest BCUT2D eigenvalue weighted by Gasteiger charge is 2.20. The van der Waals surface area contributed by atoms with Gasteiger partial charge in [-0.1, -0.05) is 0 Å². The van der Waals surface area contributed by atoms with E-state index in [0.29, 0.717) is 0 Å². The standard InChI is InChI=1S/C5H3N3O5/c9-4-3(5(10)11)7-2(1-6-4)8(12)13/h1H,(H,6,9)(H,10,11). The maximum absolute atomic E-state index is 10.7. The van der Waals surface area contributed by atoms with E-state index in [9.17, 15) is 19.7 Å². The fourth-order valence-electron chi connectivity index (χ4n) is 0.635. The van der Waals surface area contributed by atoms with Crippen LogP contribution in [-0.4, -0.2) is 26.0 Å². The third-order valence-electron chi connectivity index (χ3n) is 1.16. The molecular formula is C5H3N3O5. The smallest absolute Gasteiger partial charge is 0.386 e. The van der Waals surface area contributed by atoms with Crippen LogP contribution in [0.4, 0.5) is 5.82 Å². The Morgan fingerprint density at radius 1 is 1.69 bits per heavy atom. The minimum atomic E-state index is -1.61. The number of nitrogens with zero attached hydrogens (tertiary/aromatic N) is 2. The largest absolute Gasteiger partial charge is 0.475 e. The number of aromatic amines is 1. The van der Waals surface area contributed by atoms with Crippen molar-refractivity contribution in [3.63, 3.8) is 0 Å². The van der Waals surface area contributed by atoms with Crippen molar-refractivity contribution in [2.75, 3.05) is 0 Å². The van der Waals surface area contributed by atoms with Gasteiger partial charge in [-0.05, 0) is 9.91 Å². The summed E-state index contributed by atoms with van der Waals surface area (Å²) in [4.78, 5) is 35.1. The van der Waals surface area contributed by atoms with Crippen molar-refractivity contribution in [2.45, 2.75) is 0 Å². The van der Waals surface area contributed by atoms with Gasteiger partial charge in [0.2, 0.25) is 0 Å². The fraction of sp³-hybridized carbons (Fsp3) is 0. The quantitative estimate of drug-likeness (QED) is 0.466. The predicted octanol–water partition coefficient (Wildman–Crippen LogP) is -0.624. The third kappa shape index (κ3) is 1.67. The summed E-state index contributed by atoms with van der Waals surface area (Å²) in [5.74, 6) is -2.32. The van der Waals surface area contributed by atoms with E-state index in [-0.39, 0.29) is 0 Å². The molecule has 0 saturated heterocycles. The maximum Gasteiger partial charge on any atom is 0.386 e.